The van der Waals surface area contributed by atoms with E-state index in [4.69, 9.17) is 24.5 Å². The standard InChI is InChI=1S/4Ca.H5O10P3.8H/c;;;;1-11(2,3)9-13(7,8)10-12(4,5)6;;;;;;;;/h;;;;(H,7,8)(H2,1,2,3)(H2,4,5,6);;;;;;;;. The van der Waals surface area contributed by atoms with E-state index in [1.165, 1.54) is 0 Å². The van der Waals surface area contributed by atoms with Gasteiger partial charge in [-0.15, -0.1) is 0 Å². The maximum absolute atomic E-state index is 10.4. The van der Waals surface area contributed by atoms with Gasteiger partial charge in [0.15, 0.2) is 0 Å². The van der Waals surface area contributed by atoms with E-state index in [-0.39, 0.29) is 151 Å². The number of rotatable bonds is 4. The SMILES string of the molecule is O=P(O)(O)OP(=O)(O)OP(=O)(O)O.[CaH2].[CaH2].[CaH2].[CaH2]. The Hall–Kier alpha value is 5.45. The Balaban J connectivity index is -0.000000120. The first kappa shape index (κ1) is 33.9. The molecule has 0 aromatic carbocycles. The molecule has 0 aromatic heterocycles. The van der Waals surface area contributed by atoms with Gasteiger partial charge >= 0.3 is 174 Å². The molecule has 0 saturated heterocycles. The first-order valence-corrected chi connectivity index (χ1v) is 6.83. The van der Waals surface area contributed by atoms with Crippen molar-refractivity contribution >= 4 is 174 Å². The predicted octanol–water partition coefficient (Wildman–Crippen LogP) is -4.36. The minimum atomic E-state index is -5.46. The van der Waals surface area contributed by atoms with Crippen molar-refractivity contribution < 1.29 is 46.8 Å². The van der Waals surface area contributed by atoms with E-state index < -0.39 is 23.5 Å². The summed E-state index contributed by atoms with van der Waals surface area (Å²) >= 11 is 0. The fraction of sp³-hybridized carbons (Fsp3) is 0. The van der Waals surface area contributed by atoms with E-state index >= 15 is 0 Å². The fourth-order valence-corrected chi connectivity index (χ4v) is 2.82. The van der Waals surface area contributed by atoms with Gasteiger partial charge in [-0.3, -0.25) is 0 Å². The van der Waals surface area contributed by atoms with Crippen LogP contribution in [-0.4, -0.2) is 175 Å². The molecular formula is H13Ca4O10P3. The molecule has 0 aliphatic rings. The summed E-state index contributed by atoms with van der Waals surface area (Å²) in [6, 6.07) is 0. The van der Waals surface area contributed by atoms with Crippen molar-refractivity contribution in [3.8, 4) is 0 Å². The number of hydrogen-bond donors (Lipinski definition) is 5. The molecule has 17 heavy (non-hydrogen) atoms. The van der Waals surface area contributed by atoms with Gasteiger partial charge in [0, 0.05) is 0 Å². The first-order valence-electron chi connectivity index (χ1n) is 2.28. The van der Waals surface area contributed by atoms with Gasteiger partial charge in [0.05, 0.1) is 0 Å². The molecule has 0 aliphatic heterocycles. The average Bonchev–Trinajstić information content (AvgIpc) is 1.43. The molecule has 0 bridgehead atoms. The Morgan fingerprint density at radius 3 is 0.882 bits per heavy atom. The van der Waals surface area contributed by atoms with Crippen LogP contribution in [0.5, 0.6) is 0 Å². The monoisotopic (exact) mass is 426 g/mol. The number of hydrogen-bond acceptors (Lipinski definition) is 5. The molecule has 0 aliphatic carbocycles. The summed E-state index contributed by atoms with van der Waals surface area (Å²) in [4.78, 5) is 40.2. The molecule has 10 nitrogen and oxygen atoms in total. The molecule has 0 unspecified atom stereocenters. The third kappa shape index (κ3) is 26.6. The van der Waals surface area contributed by atoms with Crippen LogP contribution >= 0.6 is 23.5 Å². The van der Waals surface area contributed by atoms with Gasteiger partial charge in [0.25, 0.3) is 0 Å². The molecule has 0 aromatic rings. The van der Waals surface area contributed by atoms with Crippen LogP contribution in [0, 0.1) is 0 Å². The Kier molecular flexibility index (Phi) is 27.6. The molecule has 0 amide bonds. The summed E-state index contributed by atoms with van der Waals surface area (Å²) in [5.74, 6) is 0. The van der Waals surface area contributed by atoms with Gasteiger partial charge in [-0.25, -0.2) is 13.7 Å². The Bertz CT molecular complexity index is 286. The van der Waals surface area contributed by atoms with Crippen LogP contribution in [-0.2, 0) is 22.3 Å². The summed E-state index contributed by atoms with van der Waals surface area (Å²) in [5, 5.41) is 0. The van der Waals surface area contributed by atoms with Crippen LogP contribution in [0.1, 0.15) is 0 Å². The Labute approximate surface area is 216 Å². The molecule has 96 valence electrons. The van der Waals surface area contributed by atoms with Crippen molar-refractivity contribution in [2.45, 2.75) is 0 Å². The van der Waals surface area contributed by atoms with Crippen LogP contribution in [0.25, 0.3) is 0 Å². The molecule has 0 spiro atoms. The molecule has 0 atom stereocenters. The van der Waals surface area contributed by atoms with Crippen LogP contribution < -0.4 is 0 Å². The van der Waals surface area contributed by atoms with Gasteiger partial charge in [-0.2, -0.15) is 8.62 Å². The molecule has 0 heterocycles. The van der Waals surface area contributed by atoms with E-state index in [1.807, 2.05) is 0 Å². The zero-order chi connectivity index (χ0) is 10.9. The van der Waals surface area contributed by atoms with Gasteiger partial charge in [0.2, 0.25) is 0 Å². The summed E-state index contributed by atoms with van der Waals surface area (Å²) in [7, 11) is -16.2. The van der Waals surface area contributed by atoms with Crippen molar-refractivity contribution in [1.29, 1.82) is 0 Å². The quantitative estimate of drug-likeness (QED) is 0.219. The van der Waals surface area contributed by atoms with E-state index in [1.54, 1.807) is 0 Å². The molecule has 0 fully saturated rings. The molecule has 0 rings (SSSR count). The van der Waals surface area contributed by atoms with Crippen LogP contribution in [0.3, 0.4) is 0 Å². The first-order chi connectivity index (χ1) is 5.41. The van der Waals surface area contributed by atoms with Crippen molar-refractivity contribution in [1.82, 2.24) is 0 Å². The van der Waals surface area contributed by atoms with E-state index in [2.05, 4.69) is 8.62 Å². The van der Waals surface area contributed by atoms with Crippen molar-refractivity contribution in [2.75, 3.05) is 0 Å². The summed E-state index contributed by atoms with van der Waals surface area (Å²) in [6.07, 6.45) is 0. The van der Waals surface area contributed by atoms with Crippen LogP contribution in [0.4, 0.5) is 0 Å². The van der Waals surface area contributed by atoms with Gasteiger partial charge in [0.1, 0.15) is 0 Å². The summed E-state index contributed by atoms with van der Waals surface area (Å²) in [5.41, 5.74) is 0. The maximum atomic E-state index is 10.4. The molecular weight excluding hydrogens is 413 g/mol. The fourth-order valence-electron chi connectivity index (χ4n) is 0.284. The van der Waals surface area contributed by atoms with E-state index in [0.717, 1.165) is 0 Å². The third-order valence-electron chi connectivity index (χ3n) is 0.419. The van der Waals surface area contributed by atoms with Crippen molar-refractivity contribution in [3.05, 3.63) is 0 Å². The second-order valence-electron chi connectivity index (χ2n) is 1.61. The number of phosphoric acid groups is 3. The molecule has 17 heteroatoms. The van der Waals surface area contributed by atoms with Crippen molar-refractivity contribution in [3.63, 3.8) is 0 Å². The van der Waals surface area contributed by atoms with Gasteiger partial charge in [-0.05, 0) is 0 Å². The predicted molar refractivity (Wildman–Crippen MR) is 70.3 cm³/mol. The normalized spacial score (nSPS) is 11.1. The third-order valence-corrected chi connectivity index (χ3v) is 3.77. The minimum absolute atomic E-state index is 0. The molecule has 0 saturated carbocycles. The van der Waals surface area contributed by atoms with Gasteiger partial charge < -0.3 is 24.5 Å². The Morgan fingerprint density at radius 2 is 0.765 bits per heavy atom. The van der Waals surface area contributed by atoms with Gasteiger partial charge in [-0.1, -0.05) is 0 Å². The summed E-state index contributed by atoms with van der Waals surface area (Å²) < 4.78 is 36.4. The Morgan fingerprint density at radius 1 is 0.588 bits per heavy atom. The zero-order valence-corrected chi connectivity index (χ0v) is 8.30. The molecule has 5 N–H and O–H groups in total. The average molecular weight is 426 g/mol. The second-order valence-corrected chi connectivity index (χ2v) is 5.82. The van der Waals surface area contributed by atoms with Crippen molar-refractivity contribution in [2.24, 2.45) is 0 Å². The second kappa shape index (κ2) is 13.8. The van der Waals surface area contributed by atoms with E-state index in [0.29, 0.717) is 0 Å². The van der Waals surface area contributed by atoms with Crippen LogP contribution in [0.15, 0.2) is 0 Å². The summed E-state index contributed by atoms with van der Waals surface area (Å²) in [6.45, 7) is 0. The zero-order valence-electron chi connectivity index (χ0n) is 5.62. The molecule has 0 radical (unpaired) electrons. The van der Waals surface area contributed by atoms with E-state index in [9.17, 15) is 13.7 Å². The topological polar surface area (TPSA) is 171 Å². The van der Waals surface area contributed by atoms with Crippen LogP contribution in [0.2, 0.25) is 0 Å².